The number of esters is 2. The van der Waals surface area contributed by atoms with E-state index < -0.39 is 30.4 Å². The number of hydrogen-bond donors (Lipinski definition) is 1. The van der Waals surface area contributed by atoms with E-state index in [1.807, 2.05) is 6.92 Å². The Labute approximate surface area is 238 Å². The van der Waals surface area contributed by atoms with E-state index in [-0.39, 0.29) is 18.9 Å². The van der Waals surface area contributed by atoms with Crippen LogP contribution in [0, 0.1) is 5.92 Å². The van der Waals surface area contributed by atoms with Crippen molar-refractivity contribution in [1.29, 1.82) is 0 Å². The van der Waals surface area contributed by atoms with E-state index in [2.05, 4.69) is 5.32 Å². The Bertz CT molecular complexity index is 1350. The summed E-state index contributed by atoms with van der Waals surface area (Å²) >= 11 is 0. The molecule has 0 saturated carbocycles. The highest BCUT2D eigenvalue weighted by atomic mass is 16.5. The molecule has 2 amide bonds. The van der Waals surface area contributed by atoms with Crippen LogP contribution in [0.3, 0.4) is 0 Å². The number of nitrogens with one attached hydrogen (secondary N) is 1. The van der Waals surface area contributed by atoms with Crippen molar-refractivity contribution in [2.75, 3.05) is 37.1 Å². The number of carbonyl (C=O) groups is 4. The molecule has 1 aliphatic heterocycles. The zero-order valence-corrected chi connectivity index (χ0v) is 23.0. The van der Waals surface area contributed by atoms with Gasteiger partial charge in [0.25, 0.3) is 5.91 Å². The summed E-state index contributed by atoms with van der Waals surface area (Å²) in [6.07, 6.45) is 1.70. The van der Waals surface area contributed by atoms with E-state index in [9.17, 15) is 19.2 Å². The fraction of sp³-hybridized carbons (Fsp3) is 0.290. The number of carbonyl (C=O) groups excluding carboxylic acids is 4. The van der Waals surface area contributed by atoms with Crippen molar-refractivity contribution in [2.24, 2.45) is 5.92 Å². The van der Waals surface area contributed by atoms with Crippen LogP contribution in [-0.4, -0.2) is 50.6 Å². The van der Waals surface area contributed by atoms with Crippen LogP contribution < -0.4 is 19.7 Å². The van der Waals surface area contributed by atoms with Crippen LogP contribution in [0.15, 0.2) is 72.8 Å². The van der Waals surface area contributed by atoms with Crippen molar-refractivity contribution in [3.8, 4) is 17.2 Å². The van der Waals surface area contributed by atoms with E-state index in [4.69, 9.17) is 18.9 Å². The van der Waals surface area contributed by atoms with Crippen molar-refractivity contribution < 1.29 is 38.1 Å². The zero-order valence-electron chi connectivity index (χ0n) is 23.0. The molecule has 3 aromatic carbocycles. The molecule has 1 fully saturated rings. The van der Waals surface area contributed by atoms with Gasteiger partial charge < -0.3 is 29.2 Å². The molecule has 3 aromatic rings. The van der Waals surface area contributed by atoms with Crippen molar-refractivity contribution >= 4 is 35.1 Å². The number of methoxy groups -OCH3 is 1. The summed E-state index contributed by atoms with van der Waals surface area (Å²) in [7, 11) is 1.59. The van der Waals surface area contributed by atoms with E-state index in [0.717, 1.165) is 18.6 Å². The summed E-state index contributed by atoms with van der Waals surface area (Å²) in [6.45, 7) is 2.01. The van der Waals surface area contributed by atoms with E-state index >= 15 is 0 Å². The van der Waals surface area contributed by atoms with Gasteiger partial charge in [0.1, 0.15) is 17.2 Å². The van der Waals surface area contributed by atoms with Gasteiger partial charge in [-0.15, -0.1) is 0 Å². The molecule has 1 N–H and O–H groups in total. The van der Waals surface area contributed by atoms with E-state index in [0.29, 0.717) is 35.0 Å². The lowest BCUT2D eigenvalue weighted by Crippen LogP contribution is -2.28. The minimum absolute atomic E-state index is 0.0135. The van der Waals surface area contributed by atoms with Gasteiger partial charge in [0.2, 0.25) is 5.91 Å². The fourth-order valence-corrected chi connectivity index (χ4v) is 4.12. The lowest BCUT2D eigenvalue weighted by atomic mass is 10.1. The summed E-state index contributed by atoms with van der Waals surface area (Å²) in [5, 5.41) is 2.61. The second kappa shape index (κ2) is 14.0. The number of hydrogen-bond acceptors (Lipinski definition) is 8. The molecule has 1 aliphatic rings. The van der Waals surface area contributed by atoms with Crippen LogP contribution in [0.4, 0.5) is 11.4 Å². The van der Waals surface area contributed by atoms with Crippen LogP contribution in [0.25, 0.3) is 0 Å². The zero-order chi connectivity index (χ0) is 29.2. The van der Waals surface area contributed by atoms with Crippen LogP contribution in [0.2, 0.25) is 0 Å². The third-order valence-electron chi connectivity index (χ3n) is 6.38. The van der Waals surface area contributed by atoms with Crippen LogP contribution in [0.5, 0.6) is 17.2 Å². The Balaban J connectivity index is 1.23. The third-order valence-corrected chi connectivity index (χ3v) is 6.38. The molecule has 1 heterocycles. The second-order valence-corrected chi connectivity index (χ2v) is 9.40. The maximum Gasteiger partial charge on any atom is 0.338 e. The number of unbranched alkanes of at least 4 members (excludes halogenated alkanes) is 1. The van der Waals surface area contributed by atoms with Gasteiger partial charge in [-0.2, -0.15) is 0 Å². The first kappa shape index (κ1) is 29.1. The Hall–Kier alpha value is -4.86. The molecule has 0 spiro atoms. The van der Waals surface area contributed by atoms with Gasteiger partial charge in [-0.25, -0.2) is 4.79 Å². The van der Waals surface area contributed by atoms with Crippen molar-refractivity contribution in [2.45, 2.75) is 26.2 Å². The minimum Gasteiger partial charge on any atom is -0.497 e. The average molecular weight is 561 g/mol. The third kappa shape index (κ3) is 8.07. The Morgan fingerprint density at radius 2 is 1.51 bits per heavy atom. The molecular weight excluding hydrogens is 528 g/mol. The predicted octanol–water partition coefficient (Wildman–Crippen LogP) is 4.98. The number of amides is 2. The molecule has 0 radical (unpaired) electrons. The molecule has 0 unspecified atom stereocenters. The lowest BCUT2D eigenvalue weighted by Gasteiger charge is -2.17. The monoisotopic (exact) mass is 560 g/mol. The Morgan fingerprint density at radius 3 is 2.15 bits per heavy atom. The first-order chi connectivity index (χ1) is 19.9. The molecule has 1 saturated heterocycles. The minimum atomic E-state index is -0.691. The molecule has 214 valence electrons. The van der Waals surface area contributed by atoms with Gasteiger partial charge >= 0.3 is 11.9 Å². The fourth-order valence-electron chi connectivity index (χ4n) is 4.12. The standard InChI is InChI=1S/C31H32N2O8/c1-3-4-17-39-30(36)21-5-7-23(8-6-21)32-28(34)20-40-31(37)22-18-29(35)33(19-22)24-9-11-26(12-10-24)41-27-15-13-25(38-2)14-16-27/h5-16,22H,3-4,17-20H2,1-2H3,(H,32,34)/t22-/m1/s1. The van der Waals surface area contributed by atoms with Crippen molar-refractivity contribution in [3.63, 3.8) is 0 Å². The highest BCUT2D eigenvalue weighted by molar-refractivity contribution is 6.00. The topological polar surface area (TPSA) is 120 Å². The summed E-state index contributed by atoms with van der Waals surface area (Å²) in [5.41, 5.74) is 1.45. The Morgan fingerprint density at radius 1 is 0.878 bits per heavy atom. The molecule has 0 aliphatic carbocycles. The summed E-state index contributed by atoms with van der Waals surface area (Å²) in [5.74, 6) is -0.538. The molecule has 0 bridgehead atoms. The summed E-state index contributed by atoms with van der Waals surface area (Å²) in [6, 6.07) is 20.4. The van der Waals surface area contributed by atoms with Crippen LogP contribution in [0.1, 0.15) is 36.5 Å². The molecule has 41 heavy (non-hydrogen) atoms. The quantitative estimate of drug-likeness (QED) is 0.243. The average Bonchev–Trinajstić information content (AvgIpc) is 3.38. The maximum absolute atomic E-state index is 12.6. The van der Waals surface area contributed by atoms with Gasteiger partial charge in [-0.1, -0.05) is 13.3 Å². The number of ether oxygens (including phenoxy) is 4. The van der Waals surface area contributed by atoms with Crippen molar-refractivity contribution in [1.82, 2.24) is 0 Å². The normalized spacial score (nSPS) is 14.3. The van der Waals surface area contributed by atoms with E-state index in [1.165, 1.54) is 4.90 Å². The molecule has 0 aromatic heterocycles. The molecule has 4 rings (SSSR count). The maximum atomic E-state index is 12.6. The first-order valence-corrected chi connectivity index (χ1v) is 13.3. The smallest absolute Gasteiger partial charge is 0.338 e. The summed E-state index contributed by atoms with van der Waals surface area (Å²) < 4.78 is 21.3. The largest absolute Gasteiger partial charge is 0.497 e. The van der Waals surface area contributed by atoms with Gasteiger partial charge in [0.05, 0.1) is 25.2 Å². The molecular formula is C31H32N2O8. The predicted molar refractivity (Wildman–Crippen MR) is 151 cm³/mol. The van der Waals surface area contributed by atoms with Crippen LogP contribution >= 0.6 is 0 Å². The lowest BCUT2D eigenvalue weighted by molar-refractivity contribution is -0.151. The van der Waals surface area contributed by atoms with Gasteiger partial charge in [-0.3, -0.25) is 14.4 Å². The number of rotatable bonds is 12. The first-order valence-electron chi connectivity index (χ1n) is 13.3. The molecule has 1 atom stereocenters. The Kier molecular flexibility index (Phi) is 9.93. The SMILES string of the molecule is CCCCOC(=O)c1ccc(NC(=O)COC(=O)[C@@H]2CC(=O)N(c3ccc(Oc4ccc(OC)cc4)cc3)C2)cc1. The number of anilines is 2. The summed E-state index contributed by atoms with van der Waals surface area (Å²) in [4.78, 5) is 51.0. The van der Waals surface area contributed by atoms with E-state index in [1.54, 1.807) is 79.9 Å². The van der Waals surface area contributed by atoms with Crippen LogP contribution in [-0.2, 0) is 23.9 Å². The molecule has 10 nitrogen and oxygen atoms in total. The van der Waals surface area contributed by atoms with Gasteiger partial charge in [-0.05, 0) is 79.2 Å². The van der Waals surface area contributed by atoms with Crippen molar-refractivity contribution in [3.05, 3.63) is 78.4 Å². The van der Waals surface area contributed by atoms with Gasteiger partial charge in [0.15, 0.2) is 6.61 Å². The second-order valence-electron chi connectivity index (χ2n) is 9.40. The highest BCUT2D eigenvalue weighted by Crippen LogP contribution is 2.29. The highest BCUT2D eigenvalue weighted by Gasteiger charge is 2.36. The number of benzene rings is 3. The van der Waals surface area contributed by atoms with Gasteiger partial charge in [0, 0.05) is 24.3 Å². The molecule has 10 heteroatoms. The number of nitrogens with zero attached hydrogens (tertiary/aromatic N) is 1.